The van der Waals surface area contributed by atoms with Crippen molar-refractivity contribution in [2.24, 2.45) is 0 Å². The van der Waals surface area contributed by atoms with E-state index in [0.29, 0.717) is 0 Å². The smallest absolute Gasteiger partial charge is 0.304 e. The second kappa shape index (κ2) is 4.56. The third-order valence-electron chi connectivity index (χ3n) is 3.29. The second-order valence-corrected chi connectivity index (χ2v) is 4.40. The van der Waals surface area contributed by atoms with Crippen LogP contribution in [0.4, 0.5) is 4.79 Å². The van der Waals surface area contributed by atoms with Gasteiger partial charge in [0.05, 0.1) is 6.54 Å². The molecule has 2 aliphatic rings. The van der Waals surface area contributed by atoms with Crippen molar-refractivity contribution in [3.63, 3.8) is 0 Å². The van der Waals surface area contributed by atoms with Gasteiger partial charge in [-0.15, -0.1) is 6.42 Å². The summed E-state index contributed by atoms with van der Waals surface area (Å²) in [5.74, 6) is 2.32. The van der Waals surface area contributed by atoms with Gasteiger partial charge in [-0.1, -0.05) is 25.2 Å². The molecule has 1 aliphatic carbocycles. The molecule has 0 aromatic carbocycles. The van der Waals surface area contributed by atoms with Gasteiger partial charge in [-0.3, -0.25) is 9.69 Å². The molecular formula is C12H16N2O2. The molecule has 1 saturated heterocycles. The van der Waals surface area contributed by atoms with E-state index in [1.807, 2.05) is 0 Å². The fourth-order valence-electron chi connectivity index (χ4n) is 2.50. The van der Waals surface area contributed by atoms with Crippen LogP contribution in [0, 0.1) is 12.3 Å². The van der Waals surface area contributed by atoms with Crippen LogP contribution in [0.15, 0.2) is 0 Å². The van der Waals surface area contributed by atoms with Crippen LogP contribution in [0.25, 0.3) is 0 Å². The average Bonchev–Trinajstić information content (AvgIpc) is 2.56. The van der Waals surface area contributed by atoms with Gasteiger partial charge >= 0.3 is 6.03 Å². The Balaban J connectivity index is 2.06. The lowest BCUT2D eigenvalue weighted by atomic mass is 9.94. The monoisotopic (exact) mass is 220 g/mol. The zero-order valence-electron chi connectivity index (χ0n) is 9.32. The molecular weight excluding hydrogens is 204 g/mol. The number of nitrogens with zero attached hydrogens (tertiary/aromatic N) is 2. The third-order valence-corrected chi connectivity index (χ3v) is 3.29. The summed E-state index contributed by atoms with van der Waals surface area (Å²) in [5, 5.41) is 0. The summed E-state index contributed by atoms with van der Waals surface area (Å²) < 4.78 is 0. The molecule has 86 valence electrons. The van der Waals surface area contributed by atoms with E-state index in [2.05, 4.69) is 5.92 Å². The van der Waals surface area contributed by atoms with E-state index < -0.39 is 0 Å². The molecule has 4 nitrogen and oxygen atoms in total. The first kappa shape index (κ1) is 11.0. The number of hydrogen-bond donors (Lipinski definition) is 0. The fourth-order valence-corrected chi connectivity index (χ4v) is 2.50. The third kappa shape index (κ3) is 1.90. The maximum absolute atomic E-state index is 11.9. The van der Waals surface area contributed by atoms with E-state index in [9.17, 15) is 9.59 Å². The first-order chi connectivity index (χ1) is 7.74. The van der Waals surface area contributed by atoms with Crippen molar-refractivity contribution in [1.29, 1.82) is 0 Å². The van der Waals surface area contributed by atoms with Crippen LogP contribution >= 0.6 is 0 Å². The van der Waals surface area contributed by atoms with Gasteiger partial charge in [-0.05, 0) is 12.8 Å². The quantitative estimate of drug-likeness (QED) is 0.518. The second-order valence-electron chi connectivity index (χ2n) is 4.40. The van der Waals surface area contributed by atoms with Crippen LogP contribution in [0.3, 0.4) is 0 Å². The van der Waals surface area contributed by atoms with E-state index in [1.54, 1.807) is 0 Å². The van der Waals surface area contributed by atoms with Crippen LogP contribution in [0.1, 0.15) is 32.1 Å². The lowest BCUT2D eigenvalue weighted by Crippen LogP contribution is -2.42. The molecule has 2 rings (SSSR count). The van der Waals surface area contributed by atoms with Crippen molar-refractivity contribution in [3.8, 4) is 12.3 Å². The van der Waals surface area contributed by atoms with Gasteiger partial charge in [0, 0.05) is 6.04 Å². The molecule has 0 aromatic heterocycles. The van der Waals surface area contributed by atoms with Gasteiger partial charge in [0.1, 0.15) is 6.54 Å². The predicted molar refractivity (Wildman–Crippen MR) is 59.5 cm³/mol. The Morgan fingerprint density at radius 1 is 1.25 bits per heavy atom. The summed E-state index contributed by atoms with van der Waals surface area (Å²) in [6.07, 6.45) is 10.5. The number of rotatable bonds is 2. The zero-order valence-corrected chi connectivity index (χ0v) is 9.32. The molecule has 0 unspecified atom stereocenters. The van der Waals surface area contributed by atoms with Crippen LogP contribution in [-0.4, -0.2) is 40.9 Å². The Hall–Kier alpha value is -1.50. The highest BCUT2D eigenvalue weighted by Crippen LogP contribution is 2.26. The van der Waals surface area contributed by atoms with E-state index in [-0.39, 0.29) is 31.1 Å². The molecule has 1 heterocycles. The number of carbonyl (C=O) groups excluding carboxylic acids is 2. The average molecular weight is 220 g/mol. The number of urea groups is 1. The number of carbonyl (C=O) groups is 2. The minimum atomic E-state index is -0.199. The molecule has 1 aliphatic heterocycles. The number of amides is 3. The first-order valence-corrected chi connectivity index (χ1v) is 5.78. The molecule has 0 aromatic rings. The lowest BCUT2D eigenvalue weighted by molar-refractivity contribution is -0.127. The minimum Gasteiger partial charge on any atom is -0.304 e. The molecule has 0 atom stereocenters. The van der Waals surface area contributed by atoms with Gasteiger partial charge < -0.3 is 4.90 Å². The summed E-state index contributed by atoms with van der Waals surface area (Å²) in [4.78, 5) is 26.6. The van der Waals surface area contributed by atoms with Gasteiger partial charge in [0.25, 0.3) is 5.91 Å². The number of imide groups is 1. The highest BCUT2D eigenvalue weighted by molar-refractivity contribution is 6.02. The maximum atomic E-state index is 11.9. The van der Waals surface area contributed by atoms with E-state index in [1.165, 1.54) is 16.2 Å². The van der Waals surface area contributed by atoms with Crippen molar-refractivity contribution < 1.29 is 9.59 Å². The summed E-state index contributed by atoms with van der Waals surface area (Å²) >= 11 is 0. The Morgan fingerprint density at radius 2 is 1.94 bits per heavy atom. The topological polar surface area (TPSA) is 40.6 Å². The molecule has 2 fully saturated rings. The Labute approximate surface area is 95.6 Å². The van der Waals surface area contributed by atoms with Crippen LogP contribution in [0.2, 0.25) is 0 Å². The van der Waals surface area contributed by atoms with Gasteiger partial charge in [-0.2, -0.15) is 0 Å². The van der Waals surface area contributed by atoms with Crippen molar-refractivity contribution in [3.05, 3.63) is 0 Å². The summed E-state index contributed by atoms with van der Waals surface area (Å²) in [5.41, 5.74) is 0. The molecule has 1 saturated carbocycles. The van der Waals surface area contributed by atoms with E-state index in [4.69, 9.17) is 6.42 Å². The van der Waals surface area contributed by atoms with Crippen molar-refractivity contribution >= 4 is 11.9 Å². The number of hydrogen-bond acceptors (Lipinski definition) is 2. The highest BCUT2D eigenvalue weighted by atomic mass is 16.2. The minimum absolute atomic E-state index is 0.0906. The Kier molecular flexibility index (Phi) is 3.14. The van der Waals surface area contributed by atoms with Gasteiger partial charge in [0.15, 0.2) is 0 Å². The van der Waals surface area contributed by atoms with Gasteiger partial charge in [-0.25, -0.2) is 4.79 Å². The molecule has 0 radical (unpaired) electrons. The van der Waals surface area contributed by atoms with Gasteiger partial charge in [0.2, 0.25) is 0 Å². The lowest BCUT2D eigenvalue weighted by Gasteiger charge is -2.29. The standard InChI is InChI=1S/C12H16N2O2/c1-2-8-13-9-11(15)14(12(13)16)10-6-4-3-5-7-10/h1,10H,3-9H2. The first-order valence-electron chi connectivity index (χ1n) is 5.78. The van der Waals surface area contributed by atoms with Crippen molar-refractivity contribution in [2.75, 3.05) is 13.1 Å². The summed E-state index contributed by atoms with van der Waals surface area (Å²) in [6.45, 7) is 0.382. The van der Waals surface area contributed by atoms with Crippen LogP contribution < -0.4 is 0 Å². The predicted octanol–water partition coefficient (Wildman–Crippen LogP) is 1.22. The molecule has 0 spiro atoms. The zero-order chi connectivity index (χ0) is 11.5. The molecule has 3 amide bonds. The normalized spacial score (nSPS) is 22.7. The molecule has 0 bridgehead atoms. The molecule has 0 N–H and O–H groups in total. The maximum Gasteiger partial charge on any atom is 0.328 e. The highest BCUT2D eigenvalue weighted by Gasteiger charge is 2.40. The molecule has 16 heavy (non-hydrogen) atoms. The summed E-state index contributed by atoms with van der Waals surface area (Å²) in [7, 11) is 0. The van der Waals surface area contributed by atoms with Crippen LogP contribution in [0.5, 0.6) is 0 Å². The summed E-state index contributed by atoms with van der Waals surface area (Å²) in [6, 6.07) is -0.0913. The van der Waals surface area contributed by atoms with Crippen LogP contribution in [-0.2, 0) is 4.79 Å². The van der Waals surface area contributed by atoms with E-state index in [0.717, 1.165) is 25.7 Å². The fraction of sp³-hybridized carbons (Fsp3) is 0.667. The Morgan fingerprint density at radius 3 is 2.56 bits per heavy atom. The molecule has 4 heteroatoms. The SMILES string of the molecule is C#CCN1CC(=O)N(C2CCCCC2)C1=O. The Bertz CT molecular complexity index is 339. The van der Waals surface area contributed by atoms with Crippen molar-refractivity contribution in [2.45, 2.75) is 38.1 Å². The van der Waals surface area contributed by atoms with E-state index >= 15 is 0 Å². The number of terminal acetylenes is 1. The van der Waals surface area contributed by atoms with Crippen molar-refractivity contribution in [1.82, 2.24) is 9.80 Å². The largest absolute Gasteiger partial charge is 0.328 e.